The highest BCUT2D eigenvalue weighted by Crippen LogP contribution is 2.48. The zero-order chi connectivity index (χ0) is 31.1. The van der Waals surface area contributed by atoms with Gasteiger partial charge in [-0.3, -0.25) is 9.59 Å². The van der Waals surface area contributed by atoms with Gasteiger partial charge in [-0.15, -0.1) is 5.48 Å². The van der Waals surface area contributed by atoms with E-state index in [4.69, 9.17) is 16.4 Å². The van der Waals surface area contributed by atoms with Crippen molar-refractivity contribution in [2.45, 2.75) is 24.1 Å². The maximum Gasteiger partial charge on any atom is 0.417 e. The third kappa shape index (κ3) is 6.41. The summed E-state index contributed by atoms with van der Waals surface area (Å²) in [6.45, 7) is -2.40. The van der Waals surface area contributed by atoms with E-state index < -0.39 is 70.9 Å². The molecule has 0 aliphatic carbocycles. The lowest BCUT2D eigenvalue weighted by Crippen LogP contribution is -2.49. The van der Waals surface area contributed by atoms with E-state index in [1.54, 1.807) is 10.8 Å². The van der Waals surface area contributed by atoms with Crippen molar-refractivity contribution in [1.29, 1.82) is 0 Å². The van der Waals surface area contributed by atoms with Gasteiger partial charge in [0, 0.05) is 16.1 Å². The first-order valence-electron chi connectivity index (χ1n) is 11.7. The second-order valence-electron chi connectivity index (χ2n) is 9.03. The minimum Gasteiger partial charge on any atom is -0.407 e. The third-order valence-corrected chi connectivity index (χ3v) is 6.35. The molecule has 0 radical (unpaired) electrons. The van der Waals surface area contributed by atoms with Crippen molar-refractivity contribution in [2.75, 3.05) is 13.1 Å². The van der Waals surface area contributed by atoms with E-state index >= 15 is 0 Å². The highest BCUT2D eigenvalue weighted by molar-refractivity contribution is 6.30. The fourth-order valence-electron chi connectivity index (χ4n) is 4.18. The number of amides is 2. The number of alkyl halides is 9. The summed E-state index contributed by atoms with van der Waals surface area (Å²) in [6, 6.07) is 9.71. The largest absolute Gasteiger partial charge is 0.417 e. The quantitative estimate of drug-likeness (QED) is 0.283. The molecule has 1 aliphatic rings. The predicted molar refractivity (Wildman–Crippen MR) is 132 cm³/mol. The molecule has 42 heavy (non-hydrogen) atoms. The molecular formula is C26H17ClF9N3O3. The molecule has 6 nitrogen and oxygen atoms in total. The molecule has 3 aromatic rings. The van der Waals surface area contributed by atoms with Gasteiger partial charge < -0.3 is 15.5 Å². The number of carbonyl (C=O) groups excluding carboxylic acids is 2. The first-order valence-corrected chi connectivity index (χ1v) is 12.0. The minimum atomic E-state index is -5.22. The molecule has 224 valence electrons. The van der Waals surface area contributed by atoms with Gasteiger partial charge >= 0.3 is 18.5 Å². The molecule has 1 heterocycles. The van der Waals surface area contributed by atoms with Crippen LogP contribution in [0.4, 0.5) is 39.5 Å². The normalized spacial score (nSPS) is 17.5. The summed E-state index contributed by atoms with van der Waals surface area (Å²) < 4.78 is 120. The molecule has 0 saturated heterocycles. The van der Waals surface area contributed by atoms with Crippen molar-refractivity contribution in [2.24, 2.45) is 0 Å². The smallest absolute Gasteiger partial charge is 0.407 e. The van der Waals surface area contributed by atoms with Gasteiger partial charge in [0.2, 0.25) is 5.91 Å². The van der Waals surface area contributed by atoms with Crippen LogP contribution in [0.25, 0.3) is 16.5 Å². The molecule has 1 atom stereocenters. The average Bonchev–Trinajstić information content (AvgIpc) is 3.36. The average molecular weight is 626 g/mol. The van der Waals surface area contributed by atoms with E-state index in [0.717, 1.165) is 6.07 Å². The van der Waals surface area contributed by atoms with Gasteiger partial charge in [0.1, 0.15) is 6.54 Å². The standard InChI is InChI=1S/C26H17ClF9N3O3/c27-15-8-13(7-14(9-15)25(31,32)33)23(26(34,35)36)10-20(42-39-23)18-5-6-19(17-4-2-1-3-16(17)18)22(41)37-11-21(40)38-12-24(28,29)30/h1-10,39H,11-12H2,(H,37,41)(H,38,40). The van der Waals surface area contributed by atoms with Gasteiger partial charge in [-0.1, -0.05) is 35.9 Å². The molecular weight excluding hydrogens is 609 g/mol. The van der Waals surface area contributed by atoms with E-state index in [2.05, 4.69) is 5.32 Å². The summed E-state index contributed by atoms with van der Waals surface area (Å²) in [6.07, 6.45) is -14.3. The van der Waals surface area contributed by atoms with E-state index in [0.29, 0.717) is 18.2 Å². The van der Waals surface area contributed by atoms with Crippen molar-refractivity contribution in [3.8, 4) is 0 Å². The Balaban J connectivity index is 1.71. The molecule has 1 unspecified atom stereocenters. The Hall–Kier alpha value is -3.98. The summed E-state index contributed by atoms with van der Waals surface area (Å²) in [5.41, 5.74) is -3.81. The van der Waals surface area contributed by atoms with Crippen LogP contribution in [0, 0.1) is 0 Å². The van der Waals surface area contributed by atoms with Crippen LogP contribution >= 0.6 is 11.6 Å². The number of carbonyl (C=O) groups is 2. The topological polar surface area (TPSA) is 79.5 Å². The molecule has 0 saturated carbocycles. The van der Waals surface area contributed by atoms with E-state index in [1.807, 2.05) is 0 Å². The van der Waals surface area contributed by atoms with Crippen LogP contribution in [0.2, 0.25) is 5.02 Å². The Bertz CT molecular complexity index is 1570. The van der Waals surface area contributed by atoms with Gasteiger partial charge in [0.05, 0.1) is 12.1 Å². The molecule has 1 aliphatic heterocycles. The number of halogens is 10. The van der Waals surface area contributed by atoms with Crippen LogP contribution in [0.5, 0.6) is 0 Å². The Morgan fingerprint density at radius 1 is 0.881 bits per heavy atom. The Morgan fingerprint density at radius 3 is 2.17 bits per heavy atom. The number of fused-ring (bicyclic) bond motifs is 1. The number of hydroxylamine groups is 1. The van der Waals surface area contributed by atoms with Crippen LogP contribution in [0.15, 0.2) is 60.7 Å². The van der Waals surface area contributed by atoms with Gasteiger partial charge in [-0.05, 0) is 52.7 Å². The van der Waals surface area contributed by atoms with Crippen molar-refractivity contribution in [3.05, 3.63) is 87.9 Å². The summed E-state index contributed by atoms with van der Waals surface area (Å²) in [5, 5.41) is 3.50. The lowest BCUT2D eigenvalue weighted by atomic mass is 9.87. The van der Waals surface area contributed by atoms with Crippen molar-refractivity contribution in [1.82, 2.24) is 16.1 Å². The monoisotopic (exact) mass is 625 g/mol. The van der Waals surface area contributed by atoms with Crippen LogP contribution in [-0.2, 0) is 21.3 Å². The van der Waals surface area contributed by atoms with Crippen LogP contribution in [0.3, 0.4) is 0 Å². The summed E-state index contributed by atoms with van der Waals surface area (Å²) in [7, 11) is 0. The summed E-state index contributed by atoms with van der Waals surface area (Å²) in [4.78, 5) is 29.6. The second kappa shape index (κ2) is 11.0. The zero-order valence-electron chi connectivity index (χ0n) is 20.7. The summed E-state index contributed by atoms with van der Waals surface area (Å²) >= 11 is 5.74. The maximum absolute atomic E-state index is 14.4. The number of hydrogen-bond donors (Lipinski definition) is 3. The molecule has 4 rings (SSSR count). The van der Waals surface area contributed by atoms with Crippen molar-refractivity contribution in [3.63, 3.8) is 0 Å². The Morgan fingerprint density at radius 2 is 1.55 bits per heavy atom. The second-order valence-corrected chi connectivity index (χ2v) is 9.46. The van der Waals surface area contributed by atoms with E-state index in [9.17, 15) is 49.1 Å². The number of benzene rings is 3. The first kappa shape index (κ1) is 31.0. The van der Waals surface area contributed by atoms with Gasteiger partial charge in [0.15, 0.2) is 11.3 Å². The highest BCUT2D eigenvalue weighted by atomic mass is 35.5. The minimum absolute atomic E-state index is 0.0155. The Kier molecular flexibility index (Phi) is 8.12. The first-order chi connectivity index (χ1) is 19.4. The van der Waals surface area contributed by atoms with E-state index in [-0.39, 0.29) is 21.9 Å². The van der Waals surface area contributed by atoms with Crippen LogP contribution in [0.1, 0.15) is 27.0 Å². The van der Waals surface area contributed by atoms with Crippen molar-refractivity contribution < 1.29 is 53.9 Å². The third-order valence-electron chi connectivity index (χ3n) is 6.13. The van der Waals surface area contributed by atoms with Crippen molar-refractivity contribution >= 4 is 39.9 Å². The van der Waals surface area contributed by atoms with Gasteiger partial charge in [-0.2, -0.15) is 39.5 Å². The lowest BCUT2D eigenvalue weighted by Gasteiger charge is -2.29. The summed E-state index contributed by atoms with van der Waals surface area (Å²) in [5.74, 6) is -2.42. The predicted octanol–water partition coefficient (Wildman–Crippen LogP) is 6.25. The maximum atomic E-state index is 14.4. The molecule has 0 bridgehead atoms. The molecule has 0 aromatic heterocycles. The molecule has 3 N–H and O–H groups in total. The highest BCUT2D eigenvalue weighted by Gasteiger charge is 2.59. The Labute approximate surface area is 235 Å². The molecule has 0 spiro atoms. The number of rotatable bonds is 6. The number of nitrogens with one attached hydrogen (secondary N) is 3. The van der Waals surface area contributed by atoms with E-state index in [1.165, 1.54) is 36.4 Å². The molecule has 0 fully saturated rings. The lowest BCUT2D eigenvalue weighted by molar-refractivity contribution is -0.201. The molecule has 2 amide bonds. The van der Waals surface area contributed by atoms with Gasteiger partial charge in [0.25, 0.3) is 5.91 Å². The van der Waals surface area contributed by atoms with Gasteiger partial charge in [-0.25, -0.2) is 0 Å². The van der Waals surface area contributed by atoms with Crippen LogP contribution in [-0.4, -0.2) is 37.3 Å². The fourth-order valence-corrected chi connectivity index (χ4v) is 4.41. The molecule has 16 heteroatoms. The SMILES string of the molecule is O=C(CNC(=O)c1ccc(C2=CC(c3cc(Cl)cc(C(F)(F)F)c3)(C(F)(F)F)NO2)c2ccccc12)NCC(F)(F)F. The fraction of sp³-hybridized carbons (Fsp3) is 0.231. The number of hydrogen-bond acceptors (Lipinski definition) is 4. The van der Waals surface area contributed by atoms with Crippen LogP contribution < -0.4 is 16.1 Å². The molecule has 3 aromatic carbocycles. The zero-order valence-corrected chi connectivity index (χ0v) is 21.4.